The molecular weight excluding hydrogens is 276 g/mol. The van der Waals surface area contributed by atoms with E-state index < -0.39 is 5.54 Å². The van der Waals surface area contributed by atoms with Crippen LogP contribution in [-0.4, -0.2) is 17.0 Å². The second kappa shape index (κ2) is 4.80. The predicted octanol–water partition coefficient (Wildman–Crippen LogP) is 1.96. The van der Waals surface area contributed by atoms with Gasteiger partial charge in [0.1, 0.15) is 12.1 Å². The highest BCUT2D eigenvalue weighted by Crippen LogP contribution is 2.58. The van der Waals surface area contributed by atoms with Crippen LogP contribution in [0.5, 0.6) is 0 Å². The van der Waals surface area contributed by atoms with E-state index in [1.54, 1.807) is 0 Å². The molecule has 22 heavy (non-hydrogen) atoms. The second-order valence-corrected chi connectivity index (χ2v) is 7.70. The van der Waals surface area contributed by atoms with E-state index in [9.17, 15) is 4.79 Å². The average Bonchev–Trinajstić information content (AvgIpc) is 2.49. The first-order valence-corrected chi connectivity index (χ1v) is 8.28. The third kappa shape index (κ3) is 2.09. The van der Waals surface area contributed by atoms with E-state index in [0.29, 0.717) is 12.5 Å². The molecule has 0 spiro atoms. The van der Waals surface area contributed by atoms with E-state index in [4.69, 9.17) is 16.2 Å². The Morgan fingerprint density at radius 3 is 2.32 bits per heavy atom. The van der Waals surface area contributed by atoms with Crippen molar-refractivity contribution < 1.29 is 9.53 Å². The molecule has 2 unspecified atom stereocenters. The highest BCUT2D eigenvalue weighted by atomic mass is 16.5. The zero-order chi connectivity index (χ0) is 15.4. The van der Waals surface area contributed by atoms with Crippen LogP contribution < -0.4 is 11.5 Å². The maximum atomic E-state index is 12.7. The van der Waals surface area contributed by atoms with Crippen LogP contribution in [-0.2, 0) is 16.1 Å². The van der Waals surface area contributed by atoms with E-state index in [1.807, 2.05) is 30.3 Å². The van der Waals surface area contributed by atoms with Crippen LogP contribution in [0.15, 0.2) is 30.3 Å². The molecular formula is C18H24N2O2. The predicted molar refractivity (Wildman–Crippen MR) is 83.6 cm³/mol. The Morgan fingerprint density at radius 1 is 1.09 bits per heavy atom. The summed E-state index contributed by atoms with van der Waals surface area (Å²) in [7, 11) is 0. The fraction of sp³-hybridized carbons (Fsp3) is 0.611. The van der Waals surface area contributed by atoms with Crippen molar-refractivity contribution in [1.82, 2.24) is 0 Å². The van der Waals surface area contributed by atoms with Gasteiger partial charge in [-0.15, -0.1) is 0 Å². The van der Waals surface area contributed by atoms with Crippen LogP contribution in [0.3, 0.4) is 0 Å². The summed E-state index contributed by atoms with van der Waals surface area (Å²) in [6, 6.07) is 9.77. The van der Waals surface area contributed by atoms with Gasteiger partial charge in [-0.25, -0.2) is 0 Å². The van der Waals surface area contributed by atoms with Gasteiger partial charge in [-0.1, -0.05) is 30.3 Å². The van der Waals surface area contributed by atoms with Crippen molar-refractivity contribution in [3.05, 3.63) is 35.9 Å². The topological polar surface area (TPSA) is 78.3 Å². The van der Waals surface area contributed by atoms with E-state index in [-0.39, 0.29) is 23.3 Å². The van der Waals surface area contributed by atoms with Gasteiger partial charge >= 0.3 is 5.97 Å². The summed E-state index contributed by atoms with van der Waals surface area (Å²) in [6.07, 6.45) is 4.92. The number of rotatable bonds is 3. The van der Waals surface area contributed by atoms with Gasteiger partial charge in [-0.05, 0) is 55.4 Å². The molecule has 0 aromatic heterocycles. The zero-order valence-electron chi connectivity index (χ0n) is 12.8. The Bertz CT molecular complexity index is 570. The number of nitrogens with two attached hydrogens (primary N) is 2. The molecule has 1 aromatic carbocycles. The van der Waals surface area contributed by atoms with Gasteiger partial charge in [0, 0.05) is 5.54 Å². The van der Waals surface area contributed by atoms with Crippen molar-refractivity contribution in [3.8, 4) is 0 Å². The van der Waals surface area contributed by atoms with Crippen molar-refractivity contribution in [2.75, 3.05) is 0 Å². The summed E-state index contributed by atoms with van der Waals surface area (Å²) in [5, 5.41) is 0. The smallest absolute Gasteiger partial charge is 0.327 e. The van der Waals surface area contributed by atoms with Crippen molar-refractivity contribution >= 4 is 5.97 Å². The lowest BCUT2D eigenvalue weighted by molar-refractivity contribution is -0.169. The molecule has 4 N–H and O–H groups in total. The lowest BCUT2D eigenvalue weighted by atomic mass is 9.46. The molecule has 4 nitrogen and oxygen atoms in total. The van der Waals surface area contributed by atoms with Crippen LogP contribution in [0.2, 0.25) is 0 Å². The molecule has 4 fully saturated rings. The lowest BCUT2D eigenvalue weighted by Crippen LogP contribution is -2.72. The molecule has 1 aromatic rings. The Balaban J connectivity index is 1.50. The Hall–Kier alpha value is -1.39. The minimum absolute atomic E-state index is 0.0842. The maximum absolute atomic E-state index is 12.7. The van der Waals surface area contributed by atoms with E-state index in [2.05, 4.69) is 0 Å². The Morgan fingerprint density at radius 2 is 1.73 bits per heavy atom. The molecule has 4 aliphatic carbocycles. The van der Waals surface area contributed by atoms with Gasteiger partial charge in [0.25, 0.3) is 0 Å². The van der Waals surface area contributed by atoms with Gasteiger partial charge in [-0.3, -0.25) is 4.79 Å². The molecule has 4 heteroatoms. The third-order valence-electron chi connectivity index (χ3n) is 6.15. The number of ether oxygens (including phenoxy) is 1. The first-order chi connectivity index (χ1) is 10.5. The van der Waals surface area contributed by atoms with Gasteiger partial charge in [-0.2, -0.15) is 0 Å². The summed E-state index contributed by atoms with van der Waals surface area (Å²) in [6.45, 7) is 0.301. The molecule has 0 saturated heterocycles. The molecule has 118 valence electrons. The molecule has 4 bridgehead atoms. The molecule has 2 atom stereocenters. The van der Waals surface area contributed by atoms with Crippen LogP contribution in [0.4, 0.5) is 0 Å². The fourth-order valence-corrected chi connectivity index (χ4v) is 5.28. The molecule has 4 saturated carbocycles. The Kier molecular flexibility index (Phi) is 3.10. The SMILES string of the molecule is NC12CC3CC(C1)C(N)(C(=O)OCc1ccccc1)C(C3)C2. The molecule has 0 aliphatic heterocycles. The van der Waals surface area contributed by atoms with Gasteiger partial charge in [0.05, 0.1) is 0 Å². The van der Waals surface area contributed by atoms with Crippen LogP contribution in [0.1, 0.15) is 37.7 Å². The van der Waals surface area contributed by atoms with Crippen LogP contribution in [0.25, 0.3) is 0 Å². The number of esters is 1. The van der Waals surface area contributed by atoms with Gasteiger partial charge in [0.2, 0.25) is 0 Å². The molecule has 0 radical (unpaired) electrons. The average molecular weight is 300 g/mol. The quantitative estimate of drug-likeness (QED) is 0.837. The van der Waals surface area contributed by atoms with Gasteiger partial charge < -0.3 is 16.2 Å². The van der Waals surface area contributed by atoms with Crippen LogP contribution >= 0.6 is 0 Å². The second-order valence-electron chi connectivity index (χ2n) is 7.70. The third-order valence-corrected chi connectivity index (χ3v) is 6.15. The number of carbonyl (C=O) groups excluding carboxylic acids is 1. The van der Waals surface area contributed by atoms with Crippen LogP contribution in [0, 0.1) is 17.8 Å². The standard InChI is InChI=1S/C18H24N2O2/c19-17-8-13-6-14(9-17)18(20,15(7-13)10-17)16(21)22-11-12-4-2-1-3-5-12/h1-5,13-15H,6-11,19-20H2. The molecule has 0 amide bonds. The first kappa shape index (κ1) is 14.2. The summed E-state index contributed by atoms with van der Waals surface area (Å²) in [4.78, 5) is 12.7. The van der Waals surface area contributed by atoms with E-state index in [0.717, 1.165) is 37.7 Å². The molecule has 5 rings (SSSR count). The number of carbonyl (C=O) groups is 1. The zero-order valence-corrected chi connectivity index (χ0v) is 12.8. The maximum Gasteiger partial charge on any atom is 0.327 e. The number of benzene rings is 1. The first-order valence-electron chi connectivity index (χ1n) is 8.28. The molecule has 0 heterocycles. The summed E-state index contributed by atoms with van der Waals surface area (Å²) in [5.41, 5.74) is 13.2. The monoisotopic (exact) mass is 300 g/mol. The van der Waals surface area contributed by atoms with Crippen molar-refractivity contribution in [1.29, 1.82) is 0 Å². The van der Waals surface area contributed by atoms with Crippen molar-refractivity contribution in [2.45, 2.75) is 49.8 Å². The summed E-state index contributed by atoms with van der Waals surface area (Å²) in [5.74, 6) is 0.800. The minimum atomic E-state index is -0.825. The Labute approximate surface area is 131 Å². The van der Waals surface area contributed by atoms with E-state index in [1.165, 1.54) is 0 Å². The largest absolute Gasteiger partial charge is 0.459 e. The van der Waals surface area contributed by atoms with E-state index >= 15 is 0 Å². The summed E-state index contributed by atoms with van der Waals surface area (Å²) >= 11 is 0. The summed E-state index contributed by atoms with van der Waals surface area (Å²) < 4.78 is 5.59. The van der Waals surface area contributed by atoms with Gasteiger partial charge in [0.15, 0.2) is 0 Å². The van der Waals surface area contributed by atoms with Crippen molar-refractivity contribution in [3.63, 3.8) is 0 Å². The fourth-order valence-electron chi connectivity index (χ4n) is 5.28. The normalized spacial score (nSPS) is 42.4. The van der Waals surface area contributed by atoms with Crippen molar-refractivity contribution in [2.24, 2.45) is 29.2 Å². The highest BCUT2D eigenvalue weighted by Gasteiger charge is 2.63. The minimum Gasteiger partial charge on any atom is -0.459 e. The molecule has 4 aliphatic rings. The lowest BCUT2D eigenvalue weighted by Gasteiger charge is -2.61. The highest BCUT2D eigenvalue weighted by molar-refractivity contribution is 5.82. The number of hydrogen-bond acceptors (Lipinski definition) is 4. The number of hydrogen-bond donors (Lipinski definition) is 2.